The summed E-state index contributed by atoms with van der Waals surface area (Å²) in [6, 6.07) is 6.25. The number of carbonyl (C=O) groups excluding carboxylic acids is 1. The Hall–Kier alpha value is -2.08. The maximum Gasteiger partial charge on any atom is 0.335 e. The molecule has 0 aliphatic carbocycles. The van der Waals surface area contributed by atoms with Crippen molar-refractivity contribution in [3.63, 3.8) is 0 Å². The molecule has 1 aliphatic rings. The molecule has 6 heteroatoms. The molecule has 1 amide bonds. The number of hydrogen-bond acceptors (Lipinski definition) is 4. The van der Waals surface area contributed by atoms with Crippen molar-refractivity contribution < 1.29 is 19.4 Å². The molecular formula is C15H20N2O4. The van der Waals surface area contributed by atoms with Crippen molar-refractivity contribution in [1.82, 2.24) is 10.2 Å². The van der Waals surface area contributed by atoms with E-state index in [9.17, 15) is 9.59 Å². The summed E-state index contributed by atoms with van der Waals surface area (Å²) in [5.41, 5.74) is 0.233. The minimum atomic E-state index is -0.955. The lowest BCUT2D eigenvalue weighted by molar-refractivity contribution is -0.129. The van der Waals surface area contributed by atoms with Crippen LogP contribution >= 0.6 is 0 Å². The Labute approximate surface area is 123 Å². The van der Waals surface area contributed by atoms with Gasteiger partial charge in [0.2, 0.25) is 5.91 Å². The van der Waals surface area contributed by atoms with E-state index < -0.39 is 5.97 Å². The van der Waals surface area contributed by atoms with Gasteiger partial charge in [0.1, 0.15) is 12.4 Å². The van der Waals surface area contributed by atoms with E-state index in [-0.39, 0.29) is 11.5 Å². The maximum absolute atomic E-state index is 11.7. The van der Waals surface area contributed by atoms with Gasteiger partial charge in [0.15, 0.2) is 0 Å². The van der Waals surface area contributed by atoms with Gasteiger partial charge in [-0.05, 0) is 37.1 Å². The van der Waals surface area contributed by atoms with E-state index in [1.54, 1.807) is 12.1 Å². The molecular weight excluding hydrogens is 272 g/mol. The zero-order chi connectivity index (χ0) is 15.1. The highest BCUT2D eigenvalue weighted by Gasteiger charge is 2.16. The highest BCUT2D eigenvalue weighted by Crippen LogP contribution is 2.11. The Balaban J connectivity index is 1.61. The summed E-state index contributed by atoms with van der Waals surface area (Å²) in [5, 5.41) is 11.8. The van der Waals surface area contributed by atoms with Crippen molar-refractivity contribution >= 4 is 11.9 Å². The van der Waals surface area contributed by atoms with Gasteiger partial charge in [0.25, 0.3) is 0 Å². The number of carbonyl (C=O) groups is 2. The van der Waals surface area contributed by atoms with Crippen LogP contribution in [0.1, 0.15) is 23.2 Å². The summed E-state index contributed by atoms with van der Waals surface area (Å²) in [4.78, 5) is 24.3. The van der Waals surface area contributed by atoms with Crippen LogP contribution in [0.25, 0.3) is 0 Å². The van der Waals surface area contributed by atoms with Crippen LogP contribution in [-0.2, 0) is 4.79 Å². The lowest BCUT2D eigenvalue weighted by atomic mass is 10.2. The van der Waals surface area contributed by atoms with E-state index in [0.29, 0.717) is 25.4 Å². The summed E-state index contributed by atoms with van der Waals surface area (Å²) >= 11 is 0. The van der Waals surface area contributed by atoms with Crippen LogP contribution in [-0.4, -0.2) is 54.7 Å². The van der Waals surface area contributed by atoms with Gasteiger partial charge in [-0.15, -0.1) is 0 Å². The fraction of sp³-hybridized carbons (Fsp3) is 0.467. The number of likely N-dealkylation sites (tertiary alicyclic amines) is 1. The van der Waals surface area contributed by atoms with Gasteiger partial charge < -0.3 is 20.1 Å². The van der Waals surface area contributed by atoms with Crippen LogP contribution in [0.3, 0.4) is 0 Å². The van der Waals surface area contributed by atoms with E-state index in [4.69, 9.17) is 9.84 Å². The smallest absolute Gasteiger partial charge is 0.335 e. The lowest BCUT2D eigenvalue weighted by Crippen LogP contribution is -2.37. The van der Waals surface area contributed by atoms with Crippen LogP contribution in [0.15, 0.2) is 24.3 Å². The molecule has 0 radical (unpaired) electrons. The van der Waals surface area contributed by atoms with Crippen LogP contribution in [0.4, 0.5) is 0 Å². The number of carboxylic acid groups (broad SMARTS) is 1. The van der Waals surface area contributed by atoms with Crippen LogP contribution in [0.2, 0.25) is 0 Å². The normalized spacial score (nSPS) is 14.2. The molecule has 1 fully saturated rings. The van der Waals surface area contributed by atoms with Crippen molar-refractivity contribution in [3.8, 4) is 5.75 Å². The summed E-state index contributed by atoms with van der Waals surface area (Å²) in [5.74, 6) is -0.199. The monoisotopic (exact) mass is 292 g/mol. The first kappa shape index (κ1) is 15.3. The third kappa shape index (κ3) is 4.75. The zero-order valence-corrected chi connectivity index (χ0v) is 11.9. The van der Waals surface area contributed by atoms with E-state index in [1.165, 1.54) is 12.1 Å². The Kier molecular flexibility index (Phi) is 5.57. The molecule has 0 saturated carbocycles. The fourth-order valence-corrected chi connectivity index (χ4v) is 2.21. The summed E-state index contributed by atoms with van der Waals surface area (Å²) in [7, 11) is 0. The number of nitrogens with one attached hydrogen (secondary N) is 1. The second kappa shape index (κ2) is 7.64. The average molecular weight is 292 g/mol. The fourth-order valence-electron chi connectivity index (χ4n) is 2.21. The van der Waals surface area contributed by atoms with Gasteiger partial charge >= 0.3 is 5.97 Å². The third-order valence-corrected chi connectivity index (χ3v) is 3.38. The third-order valence-electron chi connectivity index (χ3n) is 3.38. The molecule has 1 aliphatic heterocycles. The van der Waals surface area contributed by atoms with Crippen molar-refractivity contribution in [1.29, 1.82) is 0 Å². The number of amides is 1. The van der Waals surface area contributed by atoms with E-state index in [0.717, 1.165) is 25.9 Å². The molecule has 0 spiro atoms. The molecule has 0 aromatic heterocycles. The number of aromatic carboxylic acids is 1. The van der Waals surface area contributed by atoms with E-state index >= 15 is 0 Å². The first-order chi connectivity index (χ1) is 10.2. The molecule has 2 N–H and O–H groups in total. The molecule has 1 heterocycles. The Morgan fingerprint density at radius 1 is 1.19 bits per heavy atom. The average Bonchev–Trinajstić information content (AvgIpc) is 3.01. The van der Waals surface area contributed by atoms with Crippen molar-refractivity contribution in [2.45, 2.75) is 12.8 Å². The minimum absolute atomic E-state index is 0.137. The molecule has 1 aromatic carbocycles. The minimum Gasteiger partial charge on any atom is -0.492 e. The van der Waals surface area contributed by atoms with Crippen LogP contribution in [0, 0.1) is 0 Å². The van der Waals surface area contributed by atoms with Gasteiger partial charge in [0.05, 0.1) is 12.1 Å². The van der Waals surface area contributed by atoms with Crippen LogP contribution < -0.4 is 10.1 Å². The quantitative estimate of drug-likeness (QED) is 0.732. The summed E-state index contributed by atoms with van der Waals surface area (Å²) in [6.45, 7) is 3.07. The molecule has 114 valence electrons. The van der Waals surface area contributed by atoms with E-state index in [2.05, 4.69) is 5.32 Å². The standard InChI is InChI=1S/C15H20N2O4/c18-14(17-8-1-2-9-17)11-16-7-10-21-13-5-3-12(4-6-13)15(19)20/h3-6,16H,1-2,7-11H2,(H,19,20). The van der Waals surface area contributed by atoms with Gasteiger partial charge in [0, 0.05) is 19.6 Å². The molecule has 0 bridgehead atoms. The second-order valence-electron chi connectivity index (χ2n) is 4.94. The molecule has 21 heavy (non-hydrogen) atoms. The first-order valence-corrected chi connectivity index (χ1v) is 7.11. The Morgan fingerprint density at radius 2 is 1.86 bits per heavy atom. The zero-order valence-electron chi connectivity index (χ0n) is 11.9. The first-order valence-electron chi connectivity index (χ1n) is 7.11. The molecule has 0 atom stereocenters. The predicted molar refractivity (Wildman–Crippen MR) is 77.6 cm³/mol. The van der Waals surface area contributed by atoms with E-state index in [1.807, 2.05) is 4.90 Å². The number of carboxylic acids is 1. The SMILES string of the molecule is O=C(O)c1ccc(OCCNCC(=O)N2CCCC2)cc1. The molecule has 6 nitrogen and oxygen atoms in total. The Bertz CT molecular complexity index is 481. The largest absolute Gasteiger partial charge is 0.492 e. The maximum atomic E-state index is 11.7. The highest BCUT2D eigenvalue weighted by atomic mass is 16.5. The molecule has 1 aromatic rings. The van der Waals surface area contributed by atoms with Gasteiger partial charge in [-0.2, -0.15) is 0 Å². The van der Waals surface area contributed by atoms with Crippen LogP contribution in [0.5, 0.6) is 5.75 Å². The Morgan fingerprint density at radius 3 is 2.48 bits per heavy atom. The number of ether oxygens (including phenoxy) is 1. The number of benzene rings is 1. The highest BCUT2D eigenvalue weighted by molar-refractivity contribution is 5.87. The van der Waals surface area contributed by atoms with Crippen molar-refractivity contribution in [3.05, 3.63) is 29.8 Å². The molecule has 0 unspecified atom stereocenters. The van der Waals surface area contributed by atoms with Crippen molar-refractivity contribution in [2.24, 2.45) is 0 Å². The number of rotatable bonds is 7. The topological polar surface area (TPSA) is 78.9 Å². The number of hydrogen-bond donors (Lipinski definition) is 2. The second-order valence-corrected chi connectivity index (χ2v) is 4.94. The van der Waals surface area contributed by atoms with Gasteiger partial charge in [-0.1, -0.05) is 0 Å². The summed E-state index contributed by atoms with van der Waals surface area (Å²) in [6.07, 6.45) is 2.20. The van der Waals surface area contributed by atoms with Crippen molar-refractivity contribution in [2.75, 3.05) is 32.8 Å². The predicted octanol–water partition coefficient (Wildman–Crippen LogP) is 0.976. The summed E-state index contributed by atoms with van der Waals surface area (Å²) < 4.78 is 5.47. The molecule has 1 saturated heterocycles. The lowest BCUT2D eigenvalue weighted by Gasteiger charge is -2.15. The van der Waals surface area contributed by atoms with Gasteiger partial charge in [-0.3, -0.25) is 4.79 Å². The molecule has 2 rings (SSSR count). The number of nitrogens with zero attached hydrogens (tertiary/aromatic N) is 1. The van der Waals surface area contributed by atoms with Gasteiger partial charge in [-0.25, -0.2) is 4.79 Å².